The van der Waals surface area contributed by atoms with Crippen molar-refractivity contribution in [2.24, 2.45) is 5.92 Å². The molecule has 0 spiro atoms. The molecule has 1 amide bonds. The Hall–Kier alpha value is -3.39. The third kappa shape index (κ3) is 3.58. The van der Waals surface area contributed by atoms with Crippen molar-refractivity contribution in [1.29, 1.82) is 0 Å². The summed E-state index contributed by atoms with van der Waals surface area (Å²) >= 11 is 1.45. The average molecular weight is 505 g/mol. The second kappa shape index (κ2) is 8.92. The molecule has 3 atom stereocenters. The molecule has 1 aliphatic carbocycles. The maximum absolute atomic E-state index is 13.9. The molecule has 3 aromatic rings. The molecule has 1 aromatic heterocycles. The SMILES string of the molecule is CCOc1ccc(C2C3=C(OC4CCCCC4C3=O)C(=O)N2c2nc3ccc(C)cc3s2)cc1OC. The summed E-state index contributed by atoms with van der Waals surface area (Å²) in [5.74, 6) is 0.840. The van der Waals surface area contributed by atoms with Crippen LogP contribution < -0.4 is 14.4 Å². The Morgan fingerprint density at radius 3 is 2.75 bits per heavy atom. The number of methoxy groups -OCH3 is 1. The van der Waals surface area contributed by atoms with Crippen LogP contribution in [0, 0.1) is 12.8 Å². The van der Waals surface area contributed by atoms with Gasteiger partial charge in [-0.2, -0.15) is 0 Å². The van der Waals surface area contributed by atoms with Gasteiger partial charge in [-0.05, 0) is 68.5 Å². The lowest BCUT2D eigenvalue weighted by molar-refractivity contribution is -0.131. The third-order valence-electron chi connectivity index (χ3n) is 7.31. The van der Waals surface area contributed by atoms with Crippen LogP contribution in [0.4, 0.5) is 5.13 Å². The van der Waals surface area contributed by atoms with E-state index in [9.17, 15) is 9.59 Å². The van der Waals surface area contributed by atoms with E-state index in [4.69, 9.17) is 19.2 Å². The van der Waals surface area contributed by atoms with Crippen LogP contribution in [0.5, 0.6) is 11.5 Å². The van der Waals surface area contributed by atoms with Gasteiger partial charge in [-0.1, -0.05) is 29.9 Å². The van der Waals surface area contributed by atoms with Gasteiger partial charge in [-0.25, -0.2) is 4.98 Å². The number of amides is 1. The van der Waals surface area contributed by atoms with E-state index in [-0.39, 0.29) is 29.5 Å². The Labute approximate surface area is 213 Å². The number of aromatic nitrogens is 1. The molecule has 1 fully saturated rings. The Balaban J connectivity index is 1.51. The van der Waals surface area contributed by atoms with Crippen molar-refractivity contribution >= 4 is 38.4 Å². The zero-order chi connectivity index (χ0) is 25.0. The number of ketones is 1. The third-order valence-corrected chi connectivity index (χ3v) is 8.32. The summed E-state index contributed by atoms with van der Waals surface area (Å²) in [7, 11) is 1.58. The van der Waals surface area contributed by atoms with E-state index in [1.807, 2.05) is 44.2 Å². The fourth-order valence-electron chi connectivity index (χ4n) is 5.61. The minimum Gasteiger partial charge on any atom is -0.493 e. The number of rotatable bonds is 5. The van der Waals surface area contributed by atoms with Crippen LogP contribution in [0.1, 0.15) is 49.8 Å². The molecule has 7 nitrogen and oxygen atoms in total. The lowest BCUT2D eigenvalue weighted by atomic mass is 9.77. The number of hydrogen-bond acceptors (Lipinski definition) is 7. The highest BCUT2D eigenvalue weighted by molar-refractivity contribution is 7.22. The maximum Gasteiger partial charge on any atom is 0.296 e. The molecular formula is C28H28N2O5S. The second-order valence-corrected chi connectivity index (χ2v) is 10.6. The Bertz CT molecular complexity index is 1410. The molecule has 2 aromatic carbocycles. The molecule has 1 saturated carbocycles. The van der Waals surface area contributed by atoms with Crippen molar-refractivity contribution in [3.63, 3.8) is 0 Å². The van der Waals surface area contributed by atoms with E-state index in [2.05, 4.69) is 6.07 Å². The van der Waals surface area contributed by atoms with E-state index in [0.717, 1.165) is 47.0 Å². The van der Waals surface area contributed by atoms with Crippen molar-refractivity contribution in [3.05, 3.63) is 58.9 Å². The quantitative estimate of drug-likeness (QED) is 0.456. The van der Waals surface area contributed by atoms with E-state index in [1.54, 1.807) is 12.0 Å². The van der Waals surface area contributed by atoms with Gasteiger partial charge < -0.3 is 14.2 Å². The summed E-state index contributed by atoms with van der Waals surface area (Å²) < 4.78 is 18.6. The number of thiazole rings is 1. The lowest BCUT2D eigenvalue weighted by Crippen LogP contribution is -2.39. The van der Waals surface area contributed by atoms with Crippen molar-refractivity contribution in [1.82, 2.24) is 4.98 Å². The van der Waals surface area contributed by atoms with Crippen molar-refractivity contribution in [2.75, 3.05) is 18.6 Å². The van der Waals surface area contributed by atoms with Gasteiger partial charge in [0.1, 0.15) is 6.10 Å². The van der Waals surface area contributed by atoms with Gasteiger partial charge in [0.25, 0.3) is 5.91 Å². The van der Waals surface area contributed by atoms with Crippen LogP contribution in [0.3, 0.4) is 0 Å². The molecule has 186 valence electrons. The molecule has 36 heavy (non-hydrogen) atoms. The second-order valence-electron chi connectivity index (χ2n) is 9.54. The van der Waals surface area contributed by atoms with Gasteiger partial charge in [0, 0.05) is 0 Å². The van der Waals surface area contributed by atoms with Gasteiger partial charge in [0.15, 0.2) is 28.2 Å². The van der Waals surface area contributed by atoms with Gasteiger partial charge in [0.05, 0.1) is 41.5 Å². The molecule has 3 unspecified atom stereocenters. The molecule has 0 N–H and O–H groups in total. The largest absolute Gasteiger partial charge is 0.493 e. The molecule has 2 aliphatic heterocycles. The van der Waals surface area contributed by atoms with Crippen LogP contribution in [0.15, 0.2) is 47.7 Å². The molecular weight excluding hydrogens is 476 g/mol. The zero-order valence-corrected chi connectivity index (χ0v) is 21.4. The number of carbonyl (C=O) groups excluding carboxylic acids is 2. The number of benzene rings is 2. The molecule has 8 heteroatoms. The van der Waals surface area contributed by atoms with Crippen LogP contribution in [-0.2, 0) is 14.3 Å². The first kappa shape index (κ1) is 23.0. The van der Waals surface area contributed by atoms with Gasteiger partial charge >= 0.3 is 0 Å². The number of hydrogen-bond donors (Lipinski definition) is 0. The predicted molar refractivity (Wildman–Crippen MR) is 138 cm³/mol. The molecule has 0 saturated heterocycles. The summed E-state index contributed by atoms with van der Waals surface area (Å²) in [6.07, 6.45) is 3.35. The smallest absolute Gasteiger partial charge is 0.296 e. The zero-order valence-electron chi connectivity index (χ0n) is 20.6. The van der Waals surface area contributed by atoms with E-state index < -0.39 is 6.04 Å². The monoisotopic (exact) mass is 504 g/mol. The predicted octanol–water partition coefficient (Wildman–Crippen LogP) is 5.51. The highest BCUT2D eigenvalue weighted by atomic mass is 32.1. The van der Waals surface area contributed by atoms with E-state index in [0.29, 0.717) is 28.8 Å². The van der Waals surface area contributed by atoms with Crippen LogP contribution in [0.25, 0.3) is 10.2 Å². The summed E-state index contributed by atoms with van der Waals surface area (Å²) in [5, 5.41) is 0.548. The molecule has 3 aliphatic rings. The number of aryl methyl sites for hydroxylation is 1. The van der Waals surface area contributed by atoms with E-state index >= 15 is 0 Å². The van der Waals surface area contributed by atoms with Crippen molar-refractivity contribution in [3.8, 4) is 11.5 Å². The first-order valence-electron chi connectivity index (χ1n) is 12.5. The van der Waals surface area contributed by atoms with Gasteiger partial charge in [-0.3, -0.25) is 14.5 Å². The van der Waals surface area contributed by atoms with Crippen molar-refractivity contribution in [2.45, 2.75) is 51.7 Å². The topological polar surface area (TPSA) is 78.0 Å². The fourth-order valence-corrected chi connectivity index (χ4v) is 6.70. The fraction of sp³-hybridized carbons (Fsp3) is 0.393. The summed E-state index contributed by atoms with van der Waals surface area (Å²) in [6, 6.07) is 11.0. The van der Waals surface area contributed by atoms with Crippen LogP contribution in [-0.4, -0.2) is 36.5 Å². The number of ether oxygens (including phenoxy) is 3. The molecule has 3 heterocycles. The minimum absolute atomic E-state index is 0.0200. The first-order valence-corrected chi connectivity index (χ1v) is 13.3. The summed E-state index contributed by atoms with van der Waals surface area (Å²) in [5.41, 5.74) is 3.14. The normalized spacial score (nSPS) is 23.5. The average Bonchev–Trinajstić information content (AvgIpc) is 3.43. The number of nitrogens with zero attached hydrogens (tertiary/aromatic N) is 2. The molecule has 0 bridgehead atoms. The Morgan fingerprint density at radius 2 is 1.94 bits per heavy atom. The van der Waals surface area contributed by atoms with Gasteiger partial charge in [0.2, 0.25) is 0 Å². The van der Waals surface area contributed by atoms with Gasteiger partial charge in [-0.15, -0.1) is 0 Å². The highest BCUT2D eigenvalue weighted by Crippen LogP contribution is 2.50. The molecule has 6 rings (SSSR count). The van der Waals surface area contributed by atoms with Crippen LogP contribution >= 0.6 is 11.3 Å². The highest BCUT2D eigenvalue weighted by Gasteiger charge is 2.53. The summed E-state index contributed by atoms with van der Waals surface area (Å²) in [6.45, 7) is 4.44. The van der Waals surface area contributed by atoms with E-state index in [1.165, 1.54) is 11.3 Å². The minimum atomic E-state index is -0.644. The molecule has 0 radical (unpaired) electrons. The summed E-state index contributed by atoms with van der Waals surface area (Å²) in [4.78, 5) is 34.2. The van der Waals surface area contributed by atoms with Crippen LogP contribution in [0.2, 0.25) is 0 Å². The van der Waals surface area contributed by atoms with Crippen molar-refractivity contribution < 1.29 is 23.8 Å². The Kier molecular flexibility index (Phi) is 5.71. The number of fused-ring (bicyclic) bond motifs is 2. The lowest BCUT2D eigenvalue weighted by Gasteiger charge is -2.35. The standard InChI is InChI=1S/C28H28N2O5S/c1-4-34-20-12-10-16(14-21(20)33-3)24-23-25(31)17-7-5-6-8-19(17)35-26(23)27(32)30(24)28-29-18-11-9-15(2)13-22(18)36-28/h9-14,17,19,24H,4-8H2,1-3H3. The first-order chi connectivity index (χ1) is 17.5. The Morgan fingerprint density at radius 1 is 1.11 bits per heavy atom. The maximum atomic E-state index is 13.9. The number of Topliss-reactive ketones (excluding diaryl/α,β-unsaturated/α-hetero) is 1. The number of anilines is 1. The number of carbonyl (C=O) groups is 2.